The highest BCUT2D eigenvalue weighted by Gasteiger charge is 2.07. The third kappa shape index (κ3) is 2.35. The first kappa shape index (κ1) is 7.16. The molecule has 0 atom stereocenters. The Morgan fingerprint density at radius 1 is 1.75 bits per heavy atom. The van der Waals surface area contributed by atoms with Crippen molar-refractivity contribution in [2.45, 2.75) is 13.8 Å². The van der Waals surface area contributed by atoms with Crippen molar-refractivity contribution in [2.24, 2.45) is 5.92 Å². The lowest BCUT2D eigenvalue weighted by atomic mass is 10.1. The fraction of sp³-hybridized carbons (Fsp3) is 0.667. The van der Waals surface area contributed by atoms with Crippen LogP contribution in [0, 0.1) is 12.5 Å². The summed E-state index contributed by atoms with van der Waals surface area (Å²) in [5, 5.41) is 0. The summed E-state index contributed by atoms with van der Waals surface area (Å²) in [4.78, 5) is 13.5. The number of carbonyl (C=O) groups is 1. The van der Waals surface area contributed by atoms with Crippen molar-refractivity contribution >= 4 is 5.78 Å². The first-order chi connectivity index (χ1) is 3.68. The molecule has 0 aliphatic rings. The van der Waals surface area contributed by atoms with Crippen LogP contribution in [0.15, 0.2) is 0 Å². The van der Waals surface area contributed by atoms with Crippen LogP contribution in [0.1, 0.15) is 13.8 Å². The summed E-state index contributed by atoms with van der Waals surface area (Å²) >= 11 is 0. The van der Waals surface area contributed by atoms with Gasteiger partial charge in [0.25, 0.3) is 6.54 Å². The summed E-state index contributed by atoms with van der Waals surface area (Å²) in [6.07, 6.45) is 0. The monoisotopic (exact) mass is 111 g/mol. The van der Waals surface area contributed by atoms with Crippen molar-refractivity contribution in [3.63, 3.8) is 0 Å². The van der Waals surface area contributed by atoms with E-state index in [2.05, 4.69) is 4.85 Å². The highest BCUT2D eigenvalue weighted by atomic mass is 16.1. The summed E-state index contributed by atoms with van der Waals surface area (Å²) in [5.74, 6) is 0.0455. The molecular formula is C6H9NO. The third-order valence-electron chi connectivity index (χ3n) is 0.879. The van der Waals surface area contributed by atoms with Gasteiger partial charge in [0.05, 0.1) is 0 Å². The highest BCUT2D eigenvalue weighted by molar-refractivity contribution is 5.83. The predicted molar refractivity (Wildman–Crippen MR) is 31.3 cm³/mol. The number of carbonyl (C=O) groups excluding carboxylic acids is 1. The van der Waals surface area contributed by atoms with Crippen molar-refractivity contribution in [1.29, 1.82) is 0 Å². The smallest absolute Gasteiger partial charge is 0.272 e. The second kappa shape index (κ2) is 3.20. The van der Waals surface area contributed by atoms with Gasteiger partial charge in [0, 0.05) is 5.92 Å². The number of rotatable bonds is 2. The topological polar surface area (TPSA) is 21.4 Å². The average Bonchev–Trinajstić information content (AvgIpc) is 1.67. The van der Waals surface area contributed by atoms with Gasteiger partial charge in [0.15, 0.2) is 0 Å². The molecule has 0 aromatic carbocycles. The molecule has 0 aromatic rings. The Hall–Kier alpha value is -0.840. The minimum atomic E-state index is 0.0177. The number of hydrogen-bond donors (Lipinski definition) is 0. The van der Waals surface area contributed by atoms with Crippen LogP contribution in [0.5, 0.6) is 0 Å². The van der Waals surface area contributed by atoms with Crippen LogP contribution in [0.25, 0.3) is 4.85 Å². The Morgan fingerprint density at radius 3 is 2.38 bits per heavy atom. The molecule has 0 rings (SSSR count). The zero-order valence-corrected chi connectivity index (χ0v) is 5.14. The summed E-state index contributed by atoms with van der Waals surface area (Å²) in [5.41, 5.74) is 0. The van der Waals surface area contributed by atoms with Crippen molar-refractivity contribution < 1.29 is 4.79 Å². The Kier molecular flexibility index (Phi) is 2.86. The van der Waals surface area contributed by atoms with Crippen LogP contribution in [0.2, 0.25) is 0 Å². The lowest BCUT2D eigenvalue weighted by molar-refractivity contribution is -0.119. The standard InChI is InChI=1S/C6H9NO/c1-5(2)6(8)4-7-3/h5H,4H2,1-2H3. The highest BCUT2D eigenvalue weighted by Crippen LogP contribution is 1.92. The number of Topliss-reactive ketones (excluding diaryl/α,β-unsaturated/α-hetero) is 1. The van der Waals surface area contributed by atoms with E-state index in [1.807, 2.05) is 0 Å². The molecule has 2 nitrogen and oxygen atoms in total. The molecule has 0 unspecified atom stereocenters. The van der Waals surface area contributed by atoms with Crippen LogP contribution >= 0.6 is 0 Å². The summed E-state index contributed by atoms with van der Waals surface area (Å²) in [6.45, 7) is 9.97. The van der Waals surface area contributed by atoms with E-state index in [1.54, 1.807) is 13.8 Å². The molecule has 0 amide bonds. The lowest BCUT2D eigenvalue weighted by Gasteiger charge is -1.92. The normalized spacial score (nSPS) is 8.75. The van der Waals surface area contributed by atoms with Gasteiger partial charge in [0.1, 0.15) is 0 Å². The molecule has 0 saturated heterocycles. The first-order valence-electron chi connectivity index (χ1n) is 2.54. The fourth-order valence-corrected chi connectivity index (χ4v) is 0.260. The van der Waals surface area contributed by atoms with Crippen LogP contribution < -0.4 is 0 Å². The minimum absolute atomic E-state index is 0.0177. The van der Waals surface area contributed by atoms with E-state index in [4.69, 9.17) is 6.57 Å². The van der Waals surface area contributed by atoms with Gasteiger partial charge in [-0.2, -0.15) is 0 Å². The van der Waals surface area contributed by atoms with Gasteiger partial charge in [-0.25, -0.2) is 6.57 Å². The maximum Gasteiger partial charge on any atom is 0.272 e. The number of nitrogens with zero attached hydrogens (tertiary/aromatic N) is 1. The van der Waals surface area contributed by atoms with Gasteiger partial charge < -0.3 is 4.85 Å². The van der Waals surface area contributed by atoms with E-state index in [9.17, 15) is 4.79 Å². The second-order valence-electron chi connectivity index (χ2n) is 1.94. The van der Waals surface area contributed by atoms with Gasteiger partial charge >= 0.3 is 0 Å². The Bertz CT molecular complexity index is 121. The van der Waals surface area contributed by atoms with Crippen LogP contribution in [-0.2, 0) is 4.79 Å². The van der Waals surface area contributed by atoms with Gasteiger partial charge in [-0.15, -0.1) is 0 Å². The van der Waals surface area contributed by atoms with Crippen LogP contribution in [-0.4, -0.2) is 12.3 Å². The quantitative estimate of drug-likeness (QED) is 0.489. The molecule has 0 saturated carbocycles. The summed E-state index contributed by atoms with van der Waals surface area (Å²) in [7, 11) is 0. The van der Waals surface area contributed by atoms with Gasteiger partial charge in [-0.3, -0.25) is 4.79 Å². The Morgan fingerprint density at radius 2 is 2.25 bits per heavy atom. The molecule has 0 aliphatic heterocycles. The minimum Gasteiger partial charge on any atom is -0.309 e. The third-order valence-corrected chi connectivity index (χ3v) is 0.879. The molecule has 0 aliphatic carbocycles. The van der Waals surface area contributed by atoms with E-state index >= 15 is 0 Å². The summed E-state index contributed by atoms with van der Waals surface area (Å²) in [6, 6.07) is 0. The van der Waals surface area contributed by atoms with Crippen molar-refractivity contribution in [2.75, 3.05) is 6.54 Å². The molecule has 0 radical (unpaired) electrons. The second-order valence-corrected chi connectivity index (χ2v) is 1.94. The molecule has 0 fully saturated rings. The van der Waals surface area contributed by atoms with E-state index in [1.165, 1.54) is 0 Å². The molecule has 0 spiro atoms. The largest absolute Gasteiger partial charge is 0.309 e. The molecular weight excluding hydrogens is 102 g/mol. The van der Waals surface area contributed by atoms with E-state index in [0.717, 1.165) is 0 Å². The zero-order chi connectivity index (χ0) is 6.57. The van der Waals surface area contributed by atoms with Gasteiger partial charge in [-0.1, -0.05) is 13.8 Å². The van der Waals surface area contributed by atoms with Gasteiger partial charge in [-0.05, 0) is 0 Å². The molecule has 0 heterocycles. The predicted octanol–water partition coefficient (Wildman–Crippen LogP) is 1.13. The van der Waals surface area contributed by atoms with Crippen molar-refractivity contribution in [1.82, 2.24) is 0 Å². The van der Waals surface area contributed by atoms with Gasteiger partial charge in [0.2, 0.25) is 5.78 Å². The molecule has 8 heavy (non-hydrogen) atoms. The molecule has 0 N–H and O–H groups in total. The number of ketones is 1. The average molecular weight is 111 g/mol. The zero-order valence-electron chi connectivity index (χ0n) is 5.14. The Balaban J connectivity index is 3.53. The Labute approximate surface area is 49.3 Å². The van der Waals surface area contributed by atoms with E-state index in [-0.39, 0.29) is 18.2 Å². The van der Waals surface area contributed by atoms with E-state index in [0.29, 0.717) is 0 Å². The molecule has 44 valence electrons. The summed E-state index contributed by atoms with van der Waals surface area (Å²) < 4.78 is 0. The maximum atomic E-state index is 10.5. The molecule has 0 aromatic heterocycles. The molecule has 0 bridgehead atoms. The fourth-order valence-electron chi connectivity index (χ4n) is 0.260. The van der Waals surface area contributed by atoms with Crippen molar-refractivity contribution in [3.05, 3.63) is 11.4 Å². The maximum absolute atomic E-state index is 10.5. The van der Waals surface area contributed by atoms with Crippen LogP contribution in [0.3, 0.4) is 0 Å². The lowest BCUT2D eigenvalue weighted by Crippen LogP contribution is -2.08. The SMILES string of the molecule is [C-]#[N+]CC(=O)C(C)C. The number of hydrogen-bond acceptors (Lipinski definition) is 1. The van der Waals surface area contributed by atoms with Crippen molar-refractivity contribution in [3.8, 4) is 0 Å². The first-order valence-corrected chi connectivity index (χ1v) is 2.54. The molecule has 2 heteroatoms. The van der Waals surface area contributed by atoms with Crippen LogP contribution in [0.4, 0.5) is 0 Å². The van der Waals surface area contributed by atoms with E-state index < -0.39 is 0 Å².